The first-order chi connectivity index (χ1) is 15.5. The number of rotatable bonds is 4. The van der Waals surface area contributed by atoms with Crippen molar-refractivity contribution < 1.29 is 4.84 Å². The summed E-state index contributed by atoms with van der Waals surface area (Å²) in [5, 5.41) is 1.03. The summed E-state index contributed by atoms with van der Waals surface area (Å²) in [5.41, 5.74) is 0.400. The van der Waals surface area contributed by atoms with Crippen LogP contribution in [0.3, 0.4) is 0 Å². The Morgan fingerprint density at radius 1 is 0.969 bits per heavy atom. The van der Waals surface area contributed by atoms with Gasteiger partial charge in [0, 0.05) is 16.3 Å². The van der Waals surface area contributed by atoms with Crippen molar-refractivity contribution in [3.63, 3.8) is 0 Å². The molecule has 1 saturated carbocycles. The van der Waals surface area contributed by atoms with Gasteiger partial charge in [-0.3, -0.25) is 14.3 Å². The van der Waals surface area contributed by atoms with Gasteiger partial charge in [-0.15, -0.1) is 4.73 Å². The lowest BCUT2D eigenvalue weighted by Gasteiger charge is -2.22. The third-order valence-corrected chi connectivity index (χ3v) is 6.26. The topological polar surface area (TPSA) is 81.9 Å². The van der Waals surface area contributed by atoms with Gasteiger partial charge in [-0.25, -0.2) is 9.78 Å². The minimum Gasteiger partial charge on any atom is -0.404 e. The van der Waals surface area contributed by atoms with Crippen LogP contribution in [-0.2, 0) is 0 Å². The molecule has 0 aliphatic heterocycles. The minimum atomic E-state index is -0.653. The van der Waals surface area contributed by atoms with Crippen LogP contribution in [0.1, 0.15) is 32.1 Å². The maximum atomic E-state index is 13.0. The van der Waals surface area contributed by atoms with Crippen LogP contribution in [0, 0.1) is 0 Å². The second kappa shape index (κ2) is 8.48. The highest BCUT2D eigenvalue weighted by Crippen LogP contribution is 2.32. The van der Waals surface area contributed by atoms with Crippen molar-refractivity contribution in [2.24, 2.45) is 0 Å². The first-order valence-electron chi connectivity index (χ1n) is 10.5. The molecule has 2 heterocycles. The van der Waals surface area contributed by atoms with Crippen LogP contribution in [0.4, 0.5) is 0 Å². The Hall–Kier alpha value is -3.03. The van der Waals surface area contributed by atoms with Crippen molar-refractivity contribution in [1.82, 2.24) is 19.3 Å². The molecule has 1 N–H and O–H groups in total. The fourth-order valence-corrected chi connectivity index (χ4v) is 4.49. The van der Waals surface area contributed by atoms with Gasteiger partial charge in [0.1, 0.15) is 11.9 Å². The van der Waals surface area contributed by atoms with Crippen LogP contribution in [0.5, 0.6) is 0 Å². The highest BCUT2D eigenvalue weighted by atomic mass is 35.5. The Morgan fingerprint density at radius 2 is 1.69 bits per heavy atom. The standard InChI is InChI=1S/C23H20Cl2N4O3/c24-14-10-12-15(13-11-14)28-19-21(26-20(28)17-8-4-5-9-18(17)25)29(23(31)27-22(19)30)32-16-6-2-1-3-7-16/h4-5,8-13,16H,1-3,6-7H2,(H,27,30,31). The molecular formula is C23H20Cl2N4O3. The number of H-pyrrole nitrogens is 1. The van der Waals surface area contributed by atoms with Crippen molar-refractivity contribution in [3.8, 4) is 17.1 Å². The van der Waals surface area contributed by atoms with Crippen LogP contribution >= 0.6 is 23.2 Å². The highest BCUT2D eigenvalue weighted by Gasteiger charge is 2.24. The predicted octanol–water partition coefficient (Wildman–Crippen LogP) is 4.61. The predicted molar refractivity (Wildman–Crippen MR) is 125 cm³/mol. The van der Waals surface area contributed by atoms with Crippen molar-refractivity contribution in [1.29, 1.82) is 0 Å². The Labute approximate surface area is 193 Å². The number of halogens is 2. The number of fused-ring (bicyclic) bond motifs is 1. The summed E-state index contributed by atoms with van der Waals surface area (Å²) in [7, 11) is 0. The molecule has 0 saturated heterocycles. The third-order valence-electron chi connectivity index (χ3n) is 5.68. The molecule has 32 heavy (non-hydrogen) atoms. The van der Waals surface area contributed by atoms with E-state index in [-0.39, 0.29) is 17.3 Å². The molecule has 0 atom stereocenters. The lowest BCUT2D eigenvalue weighted by atomic mass is 9.98. The largest absolute Gasteiger partial charge is 0.404 e. The summed E-state index contributed by atoms with van der Waals surface area (Å²) < 4.78 is 2.78. The first kappa shape index (κ1) is 20.8. The van der Waals surface area contributed by atoms with E-state index < -0.39 is 11.2 Å². The number of hydrogen-bond acceptors (Lipinski definition) is 4. The average Bonchev–Trinajstić information content (AvgIpc) is 3.19. The van der Waals surface area contributed by atoms with Gasteiger partial charge in [0.2, 0.25) is 5.65 Å². The lowest BCUT2D eigenvalue weighted by molar-refractivity contribution is 0.0135. The van der Waals surface area contributed by atoms with E-state index >= 15 is 0 Å². The zero-order valence-corrected chi connectivity index (χ0v) is 18.6. The molecule has 1 aliphatic carbocycles. The quantitative estimate of drug-likeness (QED) is 0.471. The van der Waals surface area contributed by atoms with Crippen molar-refractivity contribution in [2.45, 2.75) is 38.2 Å². The highest BCUT2D eigenvalue weighted by molar-refractivity contribution is 6.33. The van der Waals surface area contributed by atoms with E-state index in [1.54, 1.807) is 34.9 Å². The Balaban J connectivity index is 1.81. The number of benzene rings is 2. The number of hydrogen-bond donors (Lipinski definition) is 1. The molecule has 1 fully saturated rings. The molecule has 4 aromatic rings. The molecule has 9 heteroatoms. The fraction of sp³-hybridized carbons (Fsp3) is 0.261. The SMILES string of the molecule is O=c1[nH]c(=O)n(OC2CCCCC2)c2nc(-c3ccccc3Cl)n(-c3ccc(Cl)cc3)c12. The normalized spacial score (nSPS) is 14.7. The monoisotopic (exact) mass is 470 g/mol. The van der Waals surface area contributed by atoms with E-state index in [2.05, 4.69) is 4.98 Å². The number of aromatic nitrogens is 4. The van der Waals surface area contributed by atoms with Crippen LogP contribution < -0.4 is 16.1 Å². The van der Waals surface area contributed by atoms with Gasteiger partial charge in [0.25, 0.3) is 5.56 Å². The molecule has 164 valence electrons. The van der Waals surface area contributed by atoms with Crippen LogP contribution in [0.25, 0.3) is 28.2 Å². The molecule has 0 amide bonds. The number of imidazole rings is 1. The van der Waals surface area contributed by atoms with Crippen molar-refractivity contribution >= 4 is 34.4 Å². The number of aromatic amines is 1. The van der Waals surface area contributed by atoms with E-state index in [1.807, 2.05) is 18.2 Å². The third kappa shape index (κ3) is 3.72. The van der Waals surface area contributed by atoms with Crippen molar-refractivity contribution in [2.75, 3.05) is 0 Å². The van der Waals surface area contributed by atoms with Gasteiger partial charge in [-0.05, 0) is 62.1 Å². The number of nitrogens with zero attached hydrogens (tertiary/aromatic N) is 3. The Morgan fingerprint density at radius 3 is 2.41 bits per heavy atom. The first-order valence-corrected chi connectivity index (χ1v) is 11.2. The second-order valence-electron chi connectivity index (χ2n) is 7.82. The van der Waals surface area contributed by atoms with E-state index in [0.717, 1.165) is 36.8 Å². The summed E-state index contributed by atoms with van der Waals surface area (Å²) in [6, 6.07) is 14.2. The van der Waals surface area contributed by atoms with Gasteiger partial charge >= 0.3 is 5.69 Å². The molecule has 0 unspecified atom stereocenters. The summed E-state index contributed by atoms with van der Waals surface area (Å²) in [6.45, 7) is 0. The summed E-state index contributed by atoms with van der Waals surface area (Å²) in [6.07, 6.45) is 4.81. The molecule has 0 bridgehead atoms. The van der Waals surface area contributed by atoms with Gasteiger partial charge in [0.15, 0.2) is 5.52 Å². The molecule has 1 aliphatic rings. The Kier molecular flexibility index (Phi) is 5.53. The Bertz CT molecular complexity index is 1400. The molecule has 7 nitrogen and oxygen atoms in total. The number of nitrogens with one attached hydrogen (secondary N) is 1. The summed E-state index contributed by atoms with van der Waals surface area (Å²) in [4.78, 5) is 38.8. The van der Waals surface area contributed by atoms with Gasteiger partial charge < -0.3 is 4.84 Å². The lowest BCUT2D eigenvalue weighted by Crippen LogP contribution is -2.39. The van der Waals surface area contributed by atoms with Crippen LogP contribution in [-0.4, -0.2) is 25.4 Å². The van der Waals surface area contributed by atoms with Gasteiger partial charge in [0.05, 0.1) is 5.02 Å². The zero-order valence-electron chi connectivity index (χ0n) is 17.1. The molecule has 2 aromatic carbocycles. The molecule has 0 radical (unpaired) electrons. The van der Waals surface area contributed by atoms with Crippen LogP contribution in [0.2, 0.25) is 10.0 Å². The average molecular weight is 471 g/mol. The molecule has 2 aromatic heterocycles. The molecule has 5 rings (SSSR count). The summed E-state index contributed by atoms with van der Waals surface area (Å²) >= 11 is 12.6. The van der Waals surface area contributed by atoms with E-state index in [1.165, 1.54) is 0 Å². The second-order valence-corrected chi connectivity index (χ2v) is 8.66. The van der Waals surface area contributed by atoms with Gasteiger partial charge in [-0.2, -0.15) is 0 Å². The van der Waals surface area contributed by atoms with Crippen LogP contribution in [0.15, 0.2) is 58.1 Å². The van der Waals surface area contributed by atoms with E-state index in [9.17, 15) is 9.59 Å². The molecule has 0 spiro atoms. The zero-order chi connectivity index (χ0) is 22.2. The fourth-order valence-electron chi connectivity index (χ4n) is 4.14. The smallest absolute Gasteiger partial charge is 0.363 e. The summed E-state index contributed by atoms with van der Waals surface area (Å²) in [5.74, 6) is 0.421. The van der Waals surface area contributed by atoms with E-state index in [4.69, 9.17) is 33.0 Å². The van der Waals surface area contributed by atoms with E-state index in [0.29, 0.717) is 27.1 Å². The molecular weight excluding hydrogens is 451 g/mol. The van der Waals surface area contributed by atoms with Crippen molar-refractivity contribution in [3.05, 3.63) is 79.4 Å². The maximum absolute atomic E-state index is 13.0. The maximum Gasteiger partial charge on any atom is 0.363 e. The van der Waals surface area contributed by atoms with Gasteiger partial charge in [-0.1, -0.05) is 41.8 Å². The minimum absolute atomic E-state index is 0.111.